The summed E-state index contributed by atoms with van der Waals surface area (Å²) < 4.78 is 9.47. The van der Waals surface area contributed by atoms with Crippen molar-refractivity contribution in [2.24, 2.45) is 0 Å². The highest BCUT2D eigenvalue weighted by Crippen LogP contribution is 2.29. The van der Waals surface area contributed by atoms with Gasteiger partial charge in [0.15, 0.2) is 0 Å². The molecule has 0 saturated heterocycles. The van der Waals surface area contributed by atoms with Crippen molar-refractivity contribution in [2.45, 2.75) is 0 Å². The number of pyridine rings is 1. The van der Waals surface area contributed by atoms with E-state index in [1.165, 1.54) is 26.6 Å². The molecule has 108 valence electrons. The van der Waals surface area contributed by atoms with Crippen molar-refractivity contribution in [1.82, 2.24) is 4.98 Å². The number of methoxy groups -OCH3 is 2. The smallest absolute Gasteiger partial charge is 0.340 e. The summed E-state index contributed by atoms with van der Waals surface area (Å²) in [5.74, 6) is -1.17. The van der Waals surface area contributed by atoms with Crippen LogP contribution in [-0.4, -0.2) is 31.1 Å². The van der Waals surface area contributed by atoms with E-state index in [0.29, 0.717) is 16.1 Å². The predicted molar refractivity (Wildman–Crippen MR) is 77.4 cm³/mol. The average molecular weight is 306 g/mol. The number of esters is 2. The lowest BCUT2D eigenvalue weighted by molar-refractivity contribution is 0.0600. The van der Waals surface area contributed by atoms with Crippen LogP contribution in [0.3, 0.4) is 0 Å². The van der Waals surface area contributed by atoms with Crippen LogP contribution in [0.4, 0.5) is 0 Å². The maximum Gasteiger partial charge on any atom is 0.340 e. The van der Waals surface area contributed by atoms with Crippen LogP contribution in [-0.2, 0) is 9.47 Å². The van der Waals surface area contributed by atoms with Crippen LogP contribution in [0.5, 0.6) is 0 Å². The van der Waals surface area contributed by atoms with Gasteiger partial charge in [-0.3, -0.25) is 4.98 Å². The first-order chi connectivity index (χ1) is 10.1. The highest BCUT2D eigenvalue weighted by Gasteiger charge is 2.22. The Kier molecular flexibility index (Phi) is 4.55. The first kappa shape index (κ1) is 15.0. The third-order valence-electron chi connectivity index (χ3n) is 2.89. The molecule has 1 aromatic carbocycles. The van der Waals surface area contributed by atoms with Gasteiger partial charge >= 0.3 is 11.9 Å². The summed E-state index contributed by atoms with van der Waals surface area (Å²) in [5, 5.41) is 0.548. The van der Waals surface area contributed by atoms with Gasteiger partial charge in [-0.05, 0) is 17.7 Å². The van der Waals surface area contributed by atoms with Gasteiger partial charge in [0.05, 0.1) is 25.3 Å². The van der Waals surface area contributed by atoms with E-state index in [1.807, 2.05) is 0 Å². The molecule has 21 heavy (non-hydrogen) atoms. The number of benzene rings is 1. The zero-order chi connectivity index (χ0) is 15.4. The Hall–Kier alpha value is -2.40. The van der Waals surface area contributed by atoms with Crippen LogP contribution in [0.15, 0.2) is 36.7 Å². The van der Waals surface area contributed by atoms with Crippen molar-refractivity contribution in [3.63, 3.8) is 0 Å². The zero-order valence-corrected chi connectivity index (χ0v) is 12.2. The Balaban J connectivity index is 2.71. The molecule has 5 nitrogen and oxygen atoms in total. The molecule has 0 fully saturated rings. The van der Waals surface area contributed by atoms with E-state index < -0.39 is 11.9 Å². The minimum atomic E-state index is -0.585. The van der Waals surface area contributed by atoms with Crippen molar-refractivity contribution in [2.75, 3.05) is 14.2 Å². The number of rotatable bonds is 3. The number of carbonyl (C=O) groups excluding carboxylic acids is 2. The summed E-state index contributed by atoms with van der Waals surface area (Å²) in [6.45, 7) is 0. The van der Waals surface area contributed by atoms with Crippen LogP contribution in [0, 0.1) is 0 Å². The van der Waals surface area contributed by atoms with Crippen LogP contribution >= 0.6 is 11.6 Å². The number of hydrogen-bond donors (Lipinski definition) is 0. The second-order valence-electron chi connectivity index (χ2n) is 4.10. The Morgan fingerprint density at radius 3 is 1.86 bits per heavy atom. The van der Waals surface area contributed by atoms with Crippen LogP contribution in [0.2, 0.25) is 5.02 Å². The van der Waals surface area contributed by atoms with Crippen LogP contribution in [0.1, 0.15) is 20.7 Å². The molecular formula is C15H12ClNO4. The zero-order valence-electron chi connectivity index (χ0n) is 11.4. The summed E-state index contributed by atoms with van der Waals surface area (Å²) in [4.78, 5) is 27.7. The number of aromatic nitrogens is 1. The lowest BCUT2D eigenvalue weighted by Gasteiger charge is -2.12. The molecule has 0 N–H and O–H groups in total. The number of halogens is 1. The molecule has 0 aliphatic rings. The van der Waals surface area contributed by atoms with Crippen molar-refractivity contribution < 1.29 is 19.1 Å². The molecule has 0 aliphatic heterocycles. The molecule has 2 rings (SSSR count). The number of carbonyl (C=O) groups is 2. The van der Waals surface area contributed by atoms with Gasteiger partial charge in [-0.25, -0.2) is 9.59 Å². The third-order valence-corrected chi connectivity index (χ3v) is 3.14. The molecule has 0 aliphatic carbocycles. The maximum atomic E-state index is 11.9. The fraction of sp³-hybridized carbons (Fsp3) is 0.133. The minimum Gasteiger partial charge on any atom is -0.465 e. The van der Waals surface area contributed by atoms with Crippen molar-refractivity contribution >= 4 is 23.5 Å². The summed E-state index contributed by atoms with van der Waals surface area (Å²) in [6.07, 6.45) is 2.70. The molecule has 0 radical (unpaired) electrons. The fourth-order valence-corrected chi connectivity index (χ4v) is 2.04. The molecule has 0 unspecified atom stereocenters. The summed E-state index contributed by atoms with van der Waals surface area (Å²) >= 11 is 5.86. The standard InChI is InChI=1S/C15H12ClNO4/c1-20-14(18)11-7-17-8-12(15(19)21-2)13(11)9-3-5-10(16)6-4-9/h3-8H,1-2H3. The molecule has 2 aromatic rings. The highest BCUT2D eigenvalue weighted by atomic mass is 35.5. The third kappa shape index (κ3) is 3.03. The lowest BCUT2D eigenvalue weighted by atomic mass is 9.96. The number of ether oxygens (including phenoxy) is 2. The monoisotopic (exact) mass is 305 g/mol. The van der Waals surface area contributed by atoms with Crippen molar-refractivity contribution in [3.05, 3.63) is 52.8 Å². The summed E-state index contributed by atoms with van der Waals surface area (Å²) in [7, 11) is 2.53. The van der Waals surface area contributed by atoms with E-state index in [9.17, 15) is 9.59 Å². The molecule has 6 heteroatoms. The van der Waals surface area contributed by atoms with Crippen LogP contribution < -0.4 is 0 Å². The van der Waals surface area contributed by atoms with Crippen LogP contribution in [0.25, 0.3) is 11.1 Å². The molecule has 1 heterocycles. The minimum absolute atomic E-state index is 0.183. The lowest BCUT2D eigenvalue weighted by Crippen LogP contribution is -2.11. The second-order valence-corrected chi connectivity index (χ2v) is 4.54. The van der Waals surface area contributed by atoms with E-state index in [0.717, 1.165) is 0 Å². The van der Waals surface area contributed by atoms with Gasteiger partial charge in [0, 0.05) is 23.0 Å². The highest BCUT2D eigenvalue weighted by molar-refractivity contribution is 6.30. The predicted octanol–water partition coefficient (Wildman–Crippen LogP) is 2.98. The van der Waals surface area contributed by atoms with Gasteiger partial charge in [0.25, 0.3) is 0 Å². The molecule has 0 saturated carbocycles. The van der Waals surface area contributed by atoms with Crippen molar-refractivity contribution in [3.8, 4) is 11.1 Å². The van der Waals surface area contributed by atoms with Gasteiger partial charge < -0.3 is 9.47 Å². The Bertz CT molecular complexity index is 648. The molecule has 0 atom stereocenters. The van der Waals surface area contributed by atoms with E-state index in [2.05, 4.69) is 4.98 Å². The van der Waals surface area contributed by atoms with Gasteiger partial charge in [-0.2, -0.15) is 0 Å². The van der Waals surface area contributed by atoms with E-state index >= 15 is 0 Å². The topological polar surface area (TPSA) is 65.5 Å². The largest absolute Gasteiger partial charge is 0.465 e. The molecule has 0 bridgehead atoms. The number of hydrogen-bond acceptors (Lipinski definition) is 5. The second kappa shape index (κ2) is 6.37. The van der Waals surface area contributed by atoms with Gasteiger partial charge in [-0.1, -0.05) is 23.7 Å². The number of nitrogens with zero attached hydrogens (tertiary/aromatic N) is 1. The normalized spacial score (nSPS) is 10.0. The first-order valence-electron chi connectivity index (χ1n) is 5.99. The SMILES string of the molecule is COC(=O)c1cncc(C(=O)OC)c1-c1ccc(Cl)cc1. The summed E-state index contributed by atoms with van der Waals surface area (Å²) in [5.41, 5.74) is 1.41. The molecule has 0 amide bonds. The molecule has 0 spiro atoms. The molecular weight excluding hydrogens is 294 g/mol. The van der Waals surface area contributed by atoms with E-state index in [-0.39, 0.29) is 11.1 Å². The van der Waals surface area contributed by atoms with E-state index in [4.69, 9.17) is 21.1 Å². The van der Waals surface area contributed by atoms with Crippen molar-refractivity contribution in [1.29, 1.82) is 0 Å². The Morgan fingerprint density at radius 1 is 0.952 bits per heavy atom. The van der Waals surface area contributed by atoms with Gasteiger partial charge in [-0.15, -0.1) is 0 Å². The van der Waals surface area contributed by atoms with Gasteiger partial charge in [0.1, 0.15) is 0 Å². The average Bonchev–Trinajstić information content (AvgIpc) is 2.53. The Morgan fingerprint density at radius 2 is 1.43 bits per heavy atom. The maximum absolute atomic E-state index is 11.9. The first-order valence-corrected chi connectivity index (χ1v) is 6.37. The quantitative estimate of drug-likeness (QED) is 0.816. The van der Waals surface area contributed by atoms with Gasteiger partial charge in [0.2, 0.25) is 0 Å². The van der Waals surface area contributed by atoms with E-state index in [1.54, 1.807) is 24.3 Å². The Labute approximate surface area is 126 Å². The summed E-state index contributed by atoms with van der Waals surface area (Å²) in [6, 6.07) is 6.74. The fourth-order valence-electron chi connectivity index (χ4n) is 1.92. The molecule has 1 aromatic heterocycles.